The molecule has 0 saturated carbocycles. The smallest absolute Gasteiger partial charge is 0.375 e. The van der Waals surface area contributed by atoms with Crippen LogP contribution in [0.2, 0.25) is 0 Å². The predicted octanol–water partition coefficient (Wildman–Crippen LogP) is 3.15. The van der Waals surface area contributed by atoms with Gasteiger partial charge in [0, 0.05) is 0 Å². The molecule has 0 aromatic carbocycles. The van der Waals surface area contributed by atoms with Crippen LogP contribution in [0.5, 0.6) is 0 Å². The van der Waals surface area contributed by atoms with Crippen molar-refractivity contribution in [2.45, 2.75) is 17.2 Å². The van der Waals surface area contributed by atoms with Crippen molar-refractivity contribution in [1.82, 2.24) is 0 Å². The van der Waals surface area contributed by atoms with Gasteiger partial charge >= 0.3 is 6.18 Å². The fourth-order valence-electron chi connectivity index (χ4n) is 0.915. The Labute approximate surface area is 92.7 Å². The molecular weight excluding hydrogens is 263 g/mol. The topological polar surface area (TPSA) is 20.2 Å². The van der Waals surface area contributed by atoms with Crippen LogP contribution in [0.25, 0.3) is 0 Å². The van der Waals surface area contributed by atoms with Crippen LogP contribution in [0, 0.1) is 0 Å². The second kappa shape index (κ2) is 3.59. The van der Waals surface area contributed by atoms with E-state index in [-0.39, 0.29) is 10.1 Å². The first kappa shape index (κ1) is 12.2. The summed E-state index contributed by atoms with van der Waals surface area (Å²) in [5.41, 5.74) is -3.16. The van der Waals surface area contributed by atoms with Crippen molar-refractivity contribution in [3.63, 3.8) is 0 Å². The summed E-state index contributed by atoms with van der Waals surface area (Å²) in [7, 11) is 0. The maximum Gasteiger partial charge on any atom is 0.422 e. The van der Waals surface area contributed by atoms with Crippen molar-refractivity contribution >= 4 is 34.8 Å². The Kier molecular flexibility index (Phi) is 3.12. The summed E-state index contributed by atoms with van der Waals surface area (Å²) < 4.78 is 37.1. The minimum atomic E-state index is -4.90. The van der Waals surface area contributed by atoms with Gasteiger partial charge < -0.3 is 5.11 Å². The fraction of sp³-hybridized carbons (Fsp3) is 0.429. The highest BCUT2D eigenvalue weighted by Gasteiger charge is 2.57. The quantitative estimate of drug-likeness (QED) is 0.669. The Hall–Kier alpha value is 0.1000. The Morgan fingerprint density at radius 2 is 1.79 bits per heavy atom. The number of alkyl halides is 4. The van der Waals surface area contributed by atoms with Crippen molar-refractivity contribution in [3.8, 4) is 0 Å². The third-order valence-corrected chi connectivity index (χ3v) is 2.94. The second-order valence-electron chi connectivity index (χ2n) is 2.73. The molecule has 14 heavy (non-hydrogen) atoms. The SMILES string of the molecule is OC1(C(F)(F)F)C=C(Cl)C(Cl)=CC1Cl. The zero-order valence-corrected chi connectivity index (χ0v) is 8.71. The van der Waals surface area contributed by atoms with Crippen LogP contribution in [-0.2, 0) is 0 Å². The molecule has 0 amide bonds. The monoisotopic (exact) mass is 266 g/mol. The van der Waals surface area contributed by atoms with E-state index >= 15 is 0 Å². The summed E-state index contributed by atoms with van der Waals surface area (Å²) in [4.78, 5) is 0. The van der Waals surface area contributed by atoms with Crippen LogP contribution in [0.3, 0.4) is 0 Å². The molecule has 1 rings (SSSR count). The number of allylic oxidation sites excluding steroid dienone is 2. The highest BCUT2D eigenvalue weighted by molar-refractivity contribution is 6.44. The van der Waals surface area contributed by atoms with Crippen molar-refractivity contribution in [2.75, 3.05) is 0 Å². The lowest BCUT2D eigenvalue weighted by atomic mass is 9.94. The van der Waals surface area contributed by atoms with Gasteiger partial charge in [0.05, 0.1) is 15.4 Å². The third-order valence-electron chi connectivity index (χ3n) is 1.74. The van der Waals surface area contributed by atoms with Gasteiger partial charge in [-0.2, -0.15) is 13.2 Å². The number of rotatable bonds is 0. The highest BCUT2D eigenvalue weighted by atomic mass is 35.5. The fourth-order valence-corrected chi connectivity index (χ4v) is 1.70. The van der Waals surface area contributed by atoms with Gasteiger partial charge in [0.15, 0.2) is 0 Å². The Morgan fingerprint density at radius 1 is 1.29 bits per heavy atom. The summed E-state index contributed by atoms with van der Waals surface area (Å²) in [6.07, 6.45) is -3.65. The van der Waals surface area contributed by atoms with Crippen molar-refractivity contribution < 1.29 is 18.3 Å². The molecule has 1 nitrogen and oxygen atoms in total. The Balaban J connectivity index is 3.16. The van der Waals surface area contributed by atoms with E-state index in [1.54, 1.807) is 0 Å². The molecule has 1 aliphatic rings. The molecule has 0 heterocycles. The number of aliphatic hydroxyl groups is 1. The Morgan fingerprint density at radius 3 is 2.21 bits per heavy atom. The van der Waals surface area contributed by atoms with Gasteiger partial charge in [-0.05, 0) is 12.2 Å². The van der Waals surface area contributed by atoms with Gasteiger partial charge in [-0.3, -0.25) is 0 Å². The molecule has 0 saturated heterocycles. The van der Waals surface area contributed by atoms with Crippen molar-refractivity contribution in [1.29, 1.82) is 0 Å². The standard InChI is InChI=1S/C7H4Cl3F3O/c8-3-1-5(10)6(14,2-4(3)9)7(11,12)13/h1-2,5,14H. The molecule has 2 unspecified atom stereocenters. The maximum atomic E-state index is 12.4. The van der Waals surface area contributed by atoms with E-state index in [1.165, 1.54) is 0 Å². The van der Waals surface area contributed by atoms with Crippen LogP contribution < -0.4 is 0 Å². The van der Waals surface area contributed by atoms with Crippen molar-refractivity contribution in [3.05, 3.63) is 22.2 Å². The summed E-state index contributed by atoms with van der Waals surface area (Å²) in [6.45, 7) is 0. The minimum absolute atomic E-state index is 0.111. The van der Waals surface area contributed by atoms with Crippen molar-refractivity contribution in [2.24, 2.45) is 0 Å². The molecule has 2 atom stereocenters. The minimum Gasteiger partial charge on any atom is -0.375 e. The number of halogens is 6. The molecule has 0 radical (unpaired) electrons. The maximum absolute atomic E-state index is 12.4. The first-order chi connectivity index (χ1) is 6.18. The molecule has 0 bridgehead atoms. The molecule has 1 aliphatic carbocycles. The van der Waals surface area contributed by atoms with Gasteiger partial charge in [-0.15, -0.1) is 11.6 Å². The first-order valence-electron chi connectivity index (χ1n) is 3.37. The van der Waals surface area contributed by atoms with Crippen LogP contribution in [0.4, 0.5) is 13.2 Å². The first-order valence-corrected chi connectivity index (χ1v) is 4.57. The van der Waals surface area contributed by atoms with Gasteiger partial charge in [-0.25, -0.2) is 0 Å². The van der Waals surface area contributed by atoms with Crippen LogP contribution in [0.15, 0.2) is 22.2 Å². The predicted molar refractivity (Wildman–Crippen MR) is 48.5 cm³/mol. The lowest BCUT2D eigenvalue weighted by molar-refractivity contribution is -0.237. The van der Waals surface area contributed by atoms with E-state index < -0.39 is 17.2 Å². The van der Waals surface area contributed by atoms with Gasteiger partial charge in [0.1, 0.15) is 0 Å². The van der Waals surface area contributed by atoms with E-state index in [4.69, 9.17) is 34.8 Å². The van der Waals surface area contributed by atoms with E-state index in [0.29, 0.717) is 6.08 Å². The summed E-state index contributed by atoms with van der Waals surface area (Å²) in [5, 5.41) is 7.08. The van der Waals surface area contributed by atoms with Gasteiger partial charge in [-0.1, -0.05) is 23.2 Å². The molecule has 0 spiro atoms. The average Bonchev–Trinajstić information content (AvgIpc) is 1.99. The van der Waals surface area contributed by atoms with E-state index in [9.17, 15) is 18.3 Å². The van der Waals surface area contributed by atoms with E-state index in [1.807, 2.05) is 0 Å². The third kappa shape index (κ3) is 1.89. The molecule has 0 fully saturated rings. The largest absolute Gasteiger partial charge is 0.422 e. The van der Waals surface area contributed by atoms with Crippen LogP contribution in [-0.4, -0.2) is 22.3 Å². The van der Waals surface area contributed by atoms with Crippen LogP contribution in [0.1, 0.15) is 0 Å². The van der Waals surface area contributed by atoms with Gasteiger partial charge in [0.25, 0.3) is 0 Å². The van der Waals surface area contributed by atoms with E-state index in [2.05, 4.69) is 0 Å². The second-order valence-corrected chi connectivity index (χ2v) is 4.02. The number of hydrogen-bond acceptors (Lipinski definition) is 1. The molecular formula is C7H4Cl3F3O. The summed E-state index contributed by atoms with van der Waals surface area (Å²) >= 11 is 16.1. The summed E-state index contributed by atoms with van der Waals surface area (Å²) in [6, 6.07) is 0. The van der Waals surface area contributed by atoms with Crippen LogP contribution >= 0.6 is 34.8 Å². The molecule has 0 aliphatic heterocycles. The van der Waals surface area contributed by atoms with E-state index in [0.717, 1.165) is 6.08 Å². The average molecular weight is 267 g/mol. The lowest BCUT2D eigenvalue weighted by Crippen LogP contribution is -2.51. The molecule has 1 N–H and O–H groups in total. The lowest BCUT2D eigenvalue weighted by Gasteiger charge is -2.32. The Bertz CT molecular complexity index is 310. The zero-order chi connectivity index (χ0) is 11.1. The molecule has 7 heteroatoms. The molecule has 0 aromatic heterocycles. The molecule has 80 valence electrons. The normalized spacial score (nSPS) is 33.8. The van der Waals surface area contributed by atoms with Gasteiger partial charge in [0.2, 0.25) is 5.60 Å². The highest BCUT2D eigenvalue weighted by Crippen LogP contribution is 2.43. The molecule has 0 aromatic rings. The number of hydrogen-bond donors (Lipinski definition) is 1. The summed E-state index contributed by atoms with van der Waals surface area (Å²) in [5.74, 6) is 0. The zero-order valence-electron chi connectivity index (χ0n) is 6.45.